The van der Waals surface area contributed by atoms with E-state index in [1.165, 1.54) is 0 Å². The van der Waals surface area contributed by atoms with Gasteiger partial charge in [0.1, 0.15) is 17.5 Å². The first-order valence-corrected chi connectivity index (χ1v) is 5.03. The molecule has 0 spiro atoms. The van der Waals surface area contributed by atoms with Gasteiger partial charge in [-0.05, 0) is 20.3 Å². The fourth-order valence-electron chi connectivity index (χ4n) is 1.44. The fourth-order valence-corrected chi connectivity index (χ4v) is 1.44. The third-order valence-electron chi connectivity index (χ3n) is 2.04. The van der Waals surface area contributed by atoms with Crippen LogP contribution >= 0.6 is 0 Å². The van der Waals surface area contributed by atoms with Gasteiger partial charge in [-0.1, -0.05) is 6.92 Å². The summed E-state index contributed by atoms with van der Waals surface area (Å²) in [5.41, 5.74) is 5.67. The van der Waals surface area contributed by atoms with Crippen molar-refractivity contribution in [2.24, 2.45) is 0 Å². The van der Waals surface area contributed by atoms with E-state index in [2.05, 4.69) is 28.7 Å². The number of rotatable bonds is 4. The minimum atomic E-state index is 0.544. The van der Waals surface area contributed by atoms with Gasteiger partial charge in [-0.25, -0.2) is 9.97 Å². The highest BCUT2D eigenvalue weighted by Crippen LogP contribution is 2.13. The normalized spacial score (nSPS) is 10.2. The summed E-state index contributed by atoms with van der Waals surface area (Å²) in [6.07, 6.45) is 1.11. The Balaban J connectivity index is 2.91. The zero-order valence-corrected chi connectivity index (χ0v) is 9.12. The van der Waals surface area contributed by atoms with Crippen molar-refractivity contribution in [3.05, 3.63) is 11.9 Å². The van der Waals surface area contributed by atoms with Gasteiger partial charge < -0.3 is 10.6 Å². The molecule has 0 aliphatic carbocycles. The van der Waals surface area contributed by atoms with Gasteiger partial charge in [0.15, 0.2) is 0 Å². The van der Waals surface area contributed by atoms with Crippen molar-refractivity contribution in [3.8, 4) is 0 Å². The molecule has 0 aromatic carbocycles. The van der Waals surface area contributed by atoms with Gasteiger partial charge >= 0.3 is 0 Å². The SMILES string of the molecule is CCCN(CC)c1cc(N)nc(C)n1. The third-order valence-corrected chi connectivity index (χ3v) is 2.04. The Morgan fingerprint density at radius 3 is 2.57 bits per heavy atom. The fraction of sp³-hybridized carbons (Fsp3) is 0.600. The molecule has 1 heterocycles. The molecule has 0 unspecified atom stereocenters. The lowest BCUT2D eigenvalue weighted by atomic mass is 10.4. The quantitative estimate of drug-likeness (QED) is 0.791. The van der Waals surface area contributed by atoms with Gasteiger partial charge in [-0.3, -0.25) is 0 Å². The molecular formula is C10H18N4. The summed E-state index contributed by atoms with van der Waals surface area (Å²) in [7, 11) is 0. The molecule has 0 saturated heterocycles. The van der Waals surface area contributed by atoms with Crippen LogP contribution in [0, 0.1) is 6.92 Å². The molecule has 0 aliphatic rings. The van der Waals surface area contributed by atoms with Crippen LogP contribution in [0.1, 0.15) is 26.1 Å². The summed E-state index contributed by atoms with van der Waals surface area (Å²) in [5.74, 6) is 2.20. The number of hydrogen-bond acceptors (Lipinski definition) is 4. The molecular weight excluding hydrogens is 176 g/mol. The van der Waals surface area contributed by atoms with Crippen LogP contribution in [0.25, 0.3) is 0 Å². The molecule has 1 aromatic rings. The molecule has 0 aliphatic heterocycles. The topological polar surface area (TPSA) is 55.0 Å². The van der Waals surface area contributed by atoms with Gasteiger partial charge in [-0.2, -0.15) is 0 Å². The number of aryl methyl sites for hydroxylation is 1. The lowest BCUT2D eigenvalue weighted by Crippen LogP contribution is -2.25. The summed E-state index contributed by atoms with van der Waals surface area (Å²) in [5, 5.41) is 0. The molecule has 0 saturated carbocycles. The highest BCUT2D eigenvalue weighted by Gasteiger charge is 2.06. The molecule has 1 rings (SSSR count). The number of hydrogen-bond donors (Lipinski definition) is 1. The largest absolute Gasteiger partial charge is 0.384 e. The number of nitrogen functional groups attached to an aromatic ring is 1. The molecule has 4 heteroatoms. The maximum atomic E-state index is 5.67. The predicted octanol–water partition coefficient (Wildman–Crippen LogP) is 1.60. The van der Waals surface area contributed by atoms with E-state index in [9.17, 15) is 0 Å². The second-order valence-corrected chi connectivity index (χ2v) is 3.28. The Bertz CT molecular complexity index is 278. The van der Waals surface area contributed by atoms with E-state index < -0.39 is 0 Å². The van der Waals surface area contributed by atoms with Crippen molar-refractivity contribution in [3.63, 3.8) is 0 Å². The van der Waals surface area contributed by atoms with Crippen LogP contribution in [0.2, 0.25) is 0 Å². The van der Waals surface area contributed by atoms with Gasteiger partial charge in [-0.15, -0.1) is 0 Å². The van der Waals surface area contributed by atoms with Crippen molar-refractivity contribution < 1.29 is 0 Å². The summed E-state index contributed by atoms with van der Waals surface area (Å²) < 4.78 is 0. The summed E-state index contributed by atoms with van der Waals surface area (Å²) in [6, 6.07) is 1.83. The van der Waals surface area contributed by atoms with Gasteiger partial charge in [0, 0.05) is 19.2 Å². The molecule has 0 atom stereocenters. The first-order chi connectivity index (χ1) is 6.67. The summed E-state index contributed by atoms with van der Waals surface area (Å²) in [4.78, 5) is 10.6. The monoisotopic (exact) mass is 194 g/mol. The van der Waals surface area contributed by atoms with Crippen molar-refractivity contribution in [2.75, 3.05) is 23.7 Å². The predicted molar refractivity (Wildman–Crippen MR) is 59.4 cm³/mol. The minimum Gasteiger partial charge on any atom is -0.384 e. The molecule has 4 nitrogen and oxygen atoms in total. The first-order valence-electron chi connectivity index (χ1n) is 5.03. The van der Waals surface area contributed by atoms with Gasteiger partial charge in [0.2, 0.25) is 0 Å². The smallest absolute Gasteiger partial charge is 0.134 e. The molecule has 0 fully saturated rings. The maximum Gasteiger partial charge on any atom is 0.134 e. The second-order valence-electron chi connectivity index (χ2n) is 3.28. The van der Waals surface area contributed by atoms with Gasteiger partial charge in [0.05, 0.1) is 0 Å². The number of nitrogens with zero attached hydrogens (tertiary/aromatic N) is 3. The first kappa shape index (κ1) is 10.8. The molecule has 2 N–H and O–H groups in total. The minimum absolute atomic E-state index is 0.544. The Morgan fingerprint density at radius 2 is 2.07 bits per heavy atom. The molecule has 0 radical (unpaired) electrons. The highest BCUT2D eigenvalue weighted by atomic mass is 15.2. The van der Waals surface area contributed by atoms with E-state index in [1.807, 2.05) is 13.0 Å². The van der Waals surface area contributed by atoms with Crippen LogP contribution in [-0.2, 0) is 0 Å². The lowest BCUT2D eigenvalue weighted by molar-refractivity contribution is 0.773. The number of nitrogens with two attached hydrogens (primary N) is 1. The molecule has 14 heavy (non-hydrogen) atoms. The van der Waals surface area contributed by atoms with Crippen molar-refractivity contribution >= 4 is 11.6 Å². The Kier molecular flexibility index (Phi) is 3.68. The second kappa shape index (κ2) is 4.79. The number of anilines is 2. The average molecular weight is 194 g/mol. The standard InChI is InChI=1S/C10H18N4/c1-4-6-14(5-2)10-7-9(11)12-8(3)13-10/h7H,4-6H2,1-3H3,(H2,11,12,13). The Labute approximate surface area is 85.2 Å². The van der Waals surface area contributed by atoms with Crippen LogP contribution in [0.4, 0.5) is 11.6 Å². The summed E-state index contributed by atoms with van der Waals surface area (Å²) in [6.45, 7) is 8.08. The third kappa shape index (κ3) is 2.58. The van der Waals surface area contributed by atoms with E-state index in [4.69, 9.17) is 5.73 Å². The molecule has 78 valence electrons. The van der Waals surface area contributed by atoms with Crippen molar-refractivity contribution in [1.29, 1.82) is 0 Å². The molecule has 1 aromatic heterocycles. The van der Waals surface area contributed by atoms with Crippen LogP contribution < -0.4 is 10.6 Å². The van der Waals surface area contributed by atoms with E-state index in [1.54, 1.807) is 0 Å². The Morgan fingerprint density at radius 1 is 1.36 bits per heavy atom. The highest BCUT2D eigenvalue weighted by molar-refractivity contribution is 5.46. The van der Waals surface area contributed by atoms with E-state index >= 15 is 0 Å². The maximum absolute atomic E-state index is 5.67. The molecule has 0 bridgehead atoms. The van der Waals surface area contributed by atoms with Crippen LogP contribution in [0.15, 0.2) is 6.07 Å². The summed E-state index contributed by atoms with van der Waals surface area (Å²) >= 11 is 0. The van der Waals surface area contributed by atoms with E-state index in [0.29, 0.717) is 5.82 Å². The number of aromatic nitrogens is 2. The van der Waals surface area contributed by atoms with Gasteiger partial charge in [0.25, 0.3) is 0 Å². The van der Waals surface area contributed by atoms with Crippen molar-refractivity contribution in [1.82, 2.24) is 9.97 Å². The molecule has 0 amide bonds. The Hall–Kier alpha value is -1.32. The lowest BCUT2D eigenvalue weighted by Gasteiger charge is -2.21. The van der Waals surface area contributed by atoms with Crippen LogP contribution in [0.3, 0.4) is 0 Å². The van der Waals surface area contributed by atoms with E-state index in [0.717, 1.165) is 31.2 Å². The van der Waals surface area contributed by atoms with E-state index in [-0.39, 0.29) is 0 Å². The van der Waals surface area contributed by atoms with Crippen LogP contribution in [0.5, 0.6) is 0 Å². The zero-order chi connectivity index (χ0) is 10.6. The van der Waals surface area contributed by atoms with Crippen molar-refractivity contribution in [2.45, 2.75) is 27.2 Å². The zero-order valence-electron chi connectivity index (χ0n) is 9.12. The van der Waals surface area contributed by atoms with Crippen LogP contribution in [-0.4, -0.2) is 23.1 Å². The average Bonchev–Trinajstić information content (AvgIpc) is 2.12.